The number of hydrogen-bond donors (Lipinski definition) is 1. The Morgan fingerprint density at radius 3 is 3.14 bits per heavy atom. The van der Waals surface area contributed by atoms with Crippen LogP contribution in [0.15, 0.2) is 10.9 Å². The van der Waals surface area contributed by atoms with E-state index in [9.17, 15) is 0 Å². The van der Waals surface area contributed by atoms with Crippen LogP contribution in [0.1, 0.15) is 19.0 Å². The molecule has 0 saturated heterocycles. The fourth-order valence-corrected chi connectivity index (χ4v) is 1.80. The molecule has 0 bridgehead atoms. The molecular weight excluding hydrogens is 196 g/mol. The fraction of sp³-hybridized carbons (Fsp3) is 0.700. The largest absolute Gasteiger partial charge is 0.385 e. The predicted molar refractivity (Wildman–Crippen MR) is 59.8 cm³/mol. The van der Waals surface area contributed by atoms with Gasteiger partial charge >= 0.3 is 0 Å². The van der Waals surface area contributed by atoms with E-state index in [1.54, 1.807) is 18.4 Å². The zero-order valence-corrected chi connectivity index (χ0v) is 9.64. The van der Waals surface area contributed by atoms with Crippen LogP contribution in [-0.4, -0.2) is 31.3 Å². The van der Waals surface area contributed by atoms with E-state index in [4.69, 9.17) is 4.74 Å². The second-order valence-electron chi connectivity index (χ2n) is 3.37. The number of nitrogens with zero attached hydrogens (tertiary/aromatic N) is 1. The van der Waals surface area contributed by atoms with E-state index in [1.807, 2.05) is 5.51 Å². The number of nitrogens with one attached hydrogen (secondary N) is 1. The van der Waals surface area contributed by atoms with Gasteiger partial charge < -0.3 is 10.1 Å². The highest BCUT2D eigenvalue weighted by Gasteiger charge is 2.00. The molecule has 1 atom stereocenters. The lowest BCUT2D eigenvalue weighted by atomic mass is 10.2. The third-order valence-electron chi connectivity index (χ3n) is 2.11. The maximum Gasteiger partial charge on any atom is 0.0794 e. The molecule has 1 rings (SSSR count). The summed E-state index contributed by atoms with van der Waals surface area (Å²) in [5.74, 6) is 0. The summed E-state index contributed by atoms with van der Waals surface area (Å²) in [6.45, 7) is 4.00. The SMILES string of the molecule is COCCC(C)NCCc1cscn1. The molecule has 80 valence electrons. The zero-order valence-electron chi connectivity index (χ0n) is 8.82. The lowest BCUT2D eigenvalue weighted by Gasteiger charge is -2.12. The van der Waals surface area contributed by atoms with E-state index in [1.165, 1.54) is 5.69 Å². The van der Waals surface area contributed by atoms with Gasteiger partial charge in [-0.1, -0.05) is 0 Å². The molecule has 1 heterocycles. The van der Waals surface area contributed by atoms with Crippen molar-refractivity contribution in [2.75, 3.05) is 20.3 Å². The van der Waals surface area contributed by atoms with Gasteiger partial charge in [-0.05, 0) is 13.3 Å². The minimum Gasteiger partial charge on any atom is -0.385 e. The number of ether oxygens (including phenoxy) is 1. The first-order valence-corrected chi connectivity index (χ1v) is 5.86. The number of hydrogen-bond acceptors (Lipinski definition) is 4. The van der Waals surface area contributed by atoms with Crippen LogP contribution in [0, 0.1) is 0 Å². The van der Waals surface area contributed by atoms with Crippen molar-refractivity contribution in [2.45, 2.75) is 25.8 Å². The Morgan fingerprint density at radius 2 is 2.50 bits per heavy atom. The summed E-state index contributed by atoms with van der Waals surface area (Å²) in [5, 5.41) is 5.54. The van der Waals surface area contributed by atoms with Crippen LogP contribution in [0.5, 0.6) is 0 Å². The van der Waals surface area contributed by atoms with Gasteiger partial charge in [-0.15, -0.1) is 11.3 Å². The number of aromatic nitrogens is 1. The lowest BCUT2D eigenvalue weighted by Crippen LogP contribution is -2.29. The van der Waals surface area contributed by atoms with E-state index in [0.29, 0.717) is 6.04 Å². The van der Waals surface area contributed by atoms with Gasteiger partial charge in [0.15, 0.2) is 0 Å². The highest BCUT2D eigenvalue weighted by atomic mass is 32.1. The maximum atomic E-state index is 5.01. The van der Waals surface area contributed by atoms with E-state index >= 15 is 0 Å². The summed E-state index contributed by atoms with van der Waals surface area (Å²) >= 11 is 1.65. The monoisotopic (exact) mass is 214 g/mol. The van der Waals surface area contributed by atoms with Gasteiger partial charge in [0.1, 0.15) is 0 Å². The van der Waals surface area contributed by atoms with Crippen molar-refractivity contribution >= 4 is 11.3 Å². The Bertz CT molecular complexity index is 226. The van der Waals surface area contributed by atoms with Gasteiger partial charge in [0.2, 0.25) is 0 Å². The van der Waals surface area contributed by atoms with Gasteiger partial charge in [0.05, 0.1) is 11.2 Å². The van der Waals surface area contributed by atoms with Crippen molar-refractivity contribution in [1.29, 1.82) is 0 Å². The van der Waals surface area contributed by atoms with Gasteiger partial charge in [-0.25, -0.2) is 4.98 Å². The topological polar surface area (TPSA) is 34.1 Å². The number of methoxy groups -OCH3 is 1. The second-order valence-corrected chi connectivity index (χ2v) is 4.09. The molecule has 0 aromatic carbocycles. The van der Waals surface area contributed by atoms with Crippen LogP contribution < -0.4 is 5.32 Å². The van der Waals surface area contributed by atoms with Crippen molar-refractivity contribution in [3.05, 3.63) is 16.6 Å². The third-order valence-corrected chi connectivity index (χ3v) is 2.75. The molecule has 0 spiro atoms. The van der Waals surface area contributed by atoms with Gasteiger partial charge in [0.25, 0.3) is 0 Å². The number of thiazole rings is 1. The van der Waals surface area contributed by atoms with Crippen molar-refractivity contribution in [1.82, 2.24) is 10.3 Å². The van der Waals surface area contributed by atoms with Crippen molar-refractivity contribution in [2.24, 2.45) is 0 Å². The third kappa shape index (κ3) is 4.69. The normalized spacial score (nSPS) is 13.0. The molecule has 0 aliphatic rings. The van der Waals surface area contributed by atoms with Gasteiger partial charge in [0, 0.05) is 38.1 Å². The molecule has 0 aliphatic heterocycles. The molecule has 0 saturated carbocycles. The molecule has 1 aromatic rings. The van der Waals surface area contributed by atoms with E-state index in [0.717, 1.165) is 26.0 Å². The van der Waals surface area contributed by atoms with Crippen LogP contribution in [-0.2, 0) is 11.2 Å². The molecule has 0 aliphatic carbocycles. The molecule has 1 aromatic heterocycles. The maximum absolute atomic E-state index is 5.01. The van der Waals surface area contributed by atoms with E-state index in [2.05, 4.69) is 22.6 Å². The van der Waals surface area contributed by atoms with Crippen molar-refractivity contribution in [3.8, 4) is 0 Å². The first kappa shape index (κ1) is 11.6. The Labute approximate surface area is 89.5 Å². The summed E-state index contributed by atoms with van der Waals surface area (Å²) in [7, 11) is 1.74. The molecule has 1 N–H and O–H groups in total. The fourth-order valence-electron chi connectivity index (χ4n) is 1.20. The van der Waals surface area contributed by atoms with E-state index < -0.39 is 0 Å². The standard InChI is InChI=1S/C10H18N2OS/c1-9(4-6-13-2)11-5-3-10-7-14-8-12-10/h7-9,11H,3-6H2,1-2H3. The zero-order chi connectivity index (χ0) is 10.2. The molecule has 14 heavy (non-hydrogen) atoms. The average Bonchev–Trinajstić information content (AvgIpc) is 2.67. The second kappa shape index (κ2) is 6.92. The summed E-state index contributed by atoms with van der Waals surface area (Å²) in [6.07, 6.45) is 2.08. The summed E-state index contributed by atoms with van der Waals surface area (Å²) in [5.41, 5.74) is 3.06. The van der Waals surface area contributed by atoms with E-state index in [-0.39, 0.29) is 0 Å². The molecule has 1 unspecified atom stereocenters. The Hall–Kier alpha value is -0.450. The van der Waals surface area contributed by atoms with Crippen molar-refractivity contribution < 1.29 is 4.74 Å². The molecule has 0 radical (unpaired) electrons. The Kier molecular flexibility index (Phi) is 5.75. The minimum absolute atomic E-state index is 0.522. The molecule has 4 heteroatoms. The first-order valence-electron chi connectivity index (χ1n) is 4.92. The minimum atomic E-state index is 0.522. The highest BCUT2D eigenvalue weighted by molar-refractivity contribution is 7.07. The summed E-state index contributed by atoms with van der Waals surface area (Å²) in [4.78, 5) is 4.23. The van der Waals surface area contributed by atoms with Gasteiger partial charge in [-0.3, -0.25) is 0 Å². The highest BCUT2D eigenvalue weighted by Crippen LogP contribution is 2.01. The van der Waals surface area contributed by atoms with Crippen LogP contribution in [0.2, 0.25) is 0 Å². The Balaban J connectivity index is 2.03. The number of rotatable bonds is 7. The smallest absolute Gasteiger partial charge is 0.0794 e. The quantitative estimate of drug-likeness (QED) is 0.750. The van der Waals surface area contributed by atoms with Crippen LogP contribution in [0.3, 0.4) is 0 Å². The Morgan fingerprint density at radius 1 is 1.64 bits per heavy atom. The molecular formula is C10H18N2OS. The molecule has 3 nitrogen and oxygen atoms in total. The van der Waals surface area contributed by atoms with Gasteiger partial charge in [-0.2, -0.15) is 0 Å². The van der Waals surface area contributed by atoms with Crippen LogP contribution >= 0.6 is 11.3 Å². The predicted octanol–water partition coefficient (Wildman–Crippen LogP) is 1.70. The van der Waals surface area contributed by atoms with Crippen LogP contribution in [0.4, 0.5) is 0 Å². The van der Waals surface area contributed by atoms with Crippen LogP contribution in [0.25, 0.3) is 0 Å². The van der Waals surface area contributed by atoms with Crippen molar-refractivity contribution in [3.63, 3.8) is 0 Å². The lowest BCUT2D eigenvalue weighted by molar-refractivity contribution is 0.185. The summed E-state index contributed by atoms with van der Waals surface area (Å²) in [6, 6.07) is 0.522. The molecule has 0 fully saturated rings. The molecule has 0 amide bonds. The first-order chi connectivity index (χ1) is 6.83. The average molecular weight is 214 g/mol. The summed E-state index contributed by atoms with van der Waals surface area (Å²) < 4.78 is 5.01.